The van der Waals surface area contributed by atoms with Crippen LogP contribution in [0.2, 0.25) is 0 Å². The molecule has 0 spiro atoms. The van der Waals surface area contributed by atoms with Gasteiger partial charge >= 0.3 is 12.1 Å². The van der Waals surface area contributed by atoms with Crippen LogP contribution < -0.4 is 5.32 Å². The van der Waals surface area contributed by atoms with E-state index in [1.807, 2.05) is 34.6 Å². The van der Waals surface area contributed by atoms with Crippen molar-refractivity contribution >= 4 is 23.0 Å². The maximum atomic E-state index is 12.8. The summed E-state index contributed by atoms with van der Waals surface area (Å²) in [5, 5.41) is 4.31. The van der Waals surface area contributed by atoms with Gasteiger partial charge < -0.3 is 24.1 Å². The normalized spacial score (nSPS) is 19.7. The van der Waals surface area contributed by atoms with Gasteiger partial charge in [-0.1, -0.05) is 39.8 Å². The van der Waals surface area contributed by atoms with Crippen molar-refractivity contribution in [3.63, 3.8) is 0 Å². The largest absolute Gasteiger partial charge is 0.460 e. The number of methoxy groups -OCH3 is 1. The number of hydrogen-bond donors (Lipinski definition) is 1. The van der Waals surface area contributed by atoms with Crippen molar-refractivity contribution < 1.29 is 23.8 Å². The summed E-state index contributed by atoms with van der Waals surface area (Å²) in [5.74, 6) is 0.541. The van der Waals surface area contributed by atoms with Crippen LogP contribution >= 0.6 is 0 Å². The first-order valence-electron chi connectivity index (χ1n) is 14.1. The van der Waals surface area contributed by atoms with Gasteiger partial charge in [-0.25, -0.2) is 4.79 Å². The molecule has 0 unspecified atom stereocenters. The SMILES string of the molecule is COCCCn1ccc2ccc(C[C@@H](C[C@H](NC(=O)OC(C)(C)C)[C@@H]3C[C@@H](C(C)C)C(=O)O3)C(C)C)cc21. The fourth-order valence-corrected chi connectivity index (χ4v) is 5.34. The van der Waals surface area contributed by atoms with E-state index < -0.39 is 11.7 Å². The average Bonchev–Trinajstić information content (AvgIpc) is 3.40. The quantitative estimate of drug-likeness (QED) is 0.256. The van der Waals surface area contributed by atoms with Crippen molar-refractivity contribution in [2.75, 3.05) is 13.7 Å². The molecule has 3 rings (SSSR count). The van der Waals surface area contributed by atoms with Crippen molar-refractivity contribution in [3.05, 3.63) is 36.0 Å². The minimum atomic E-state index is -0.605. The predicted octanol–water partition coefficient (Wildman–Crippen LogP) is 6.36. The molecule has 7 heteroatoms. The second-order valence-electron chi connectivity index (χ2n) is 12.5. The third-order valence-electron chi connectivity index (χ3n) is 7.60. The van der Waals surface area contributed by atoms with Crippen LogP contribution in [-0.2, 0) is 32.0 Å². The monoisotopic (exact) mass is 528 g/mol. The van der Waals surface area contributed by atoms with Gasteiger partial charge in [-0.05, 0) is 87.3 Å². The number of esters is 1. The summed E-state index contributed by atoms with van der Waals surface area (Å²) in [6.07, 6.45) is 4.47. The van der Waals surface area contributed by atoms with Gasteiger partial charge in [0, 0.05) is 32.0 Å². The highest BCUT2D eigenvalue weighted by atomic mass is 16.6. The van der Waals surface area contributed by atoms with Gasteiger partial charge in [-0.15, -0.1) is 0 Å². The lowest BCUT2D eigenvalue weighted by atomic mass is 9.81. The van der Waals surface area contributed by atoms with Crippen molar-refractivity contribution in [2.24, 2.45) is 23.7 Å². The average molecular weight is 529 g/mol. The van der Waals surface area contributed by atoms with E-state index in [1.165, 1.54) is 16.5 Å². The first-order valence-corrected chi connectivity index (χ1v) is 14.1. The molecule has 2 aromatic rings. The van der Waals surface area contributed by atoms with Gasteiger partial charge in [0.25, 0.3) is 0 Å². The van der Waals surface area contributed by atoms with Crippen molar-refractivity contribution in [3.8, 4) is 0 Å². The smallest absolute Gasteiger partial charge is 0.408 e. The molecular weight excluding hydrogens is 480 g/mol. The van der Waals surface area contributed by atoms with Gasteiger partial charge in [-0.2, -0.15) is 0 Å². The first kappa shape index (κ1) is 30.0. The van der Waals surface area contributed by atoms with Crippen LogP contribution in [0.3, 0.4) is 0 Å². The Labute approximate surface area is 228 Å². The molecule has 212 valence electrons. The Balaban J connectivity index is 1.80. The van der Waals surface area contributed by atoms with Crippen LogP contribution in [0.25, 0.3) is 10.9 Å². The van der Waals surface area contributed by atoms with Crippen LogP contribution in [0.1, 0.15) is 73.3 Å². The number of ether oxygens (including phenoxy) is 3. The zero-order chi connectivity index (χ0) is 28.0. The summed E-state index contributed by atoms with van der Waals surface area (Å²) < 4.78 is 18.9. The standard InChI is InChI=1S/C31H48N2O5/c1-20(2)24(16-22-10-11-23-12-14-33(27(23)17-22)13-9-15-36-8)18-26(32-30(35)38-31(5,6)7)28-19-25(21(3)4)29(34)37-28/h10-12,14,17,20-21,24-26,28H,9,13,15-16,18-19H2,1-8H3,(H,32,35)/t24-,25-,26-,28-/m0/s1. The van der Waals surface area contributed by atoms with Crippen LogP contribution in [0.4, 0.5) is 4.79 Å². The number of aryl methyl sites for hydroxylation is 1. The van der Waals surface area contributed by atoms with Crippen LogP contribution in [-0.4, -0.2) is 48.1 Å². The number of carbonyl (C=O) groups excluding carboxylic acids is 2. The molecule has 1 aliphatic heterocycles. The van der Waals surface area contributed by atoms with Crippen molar-refractivity contribution in [1.82, 2.24) is 9.88 Å². The lowest BCUT2D eigenvalue weighted by Crippen LogP contribution is -2.47. The molecule has 1 amide bonds. The molecule has 1 fully saturated rings. The highest BCUT2D eigenvalue weighted by molar-refractivity contribution is 5.81. The van der Waals surface area contributed by atoms with Gasteiger partial charge in [0.05, 0.1) is 12.0 Å². The van der Waals surface area contributed by atoms with E-state index in [-0.39, 0.29) is 35.9 Å². The van der Waals surface area contributed by atoms with Crippen LogP contribution in [0.15, 0.2) is 30.5 Å². The highest BCUT2D eigenvalue weighted by Gasteiger charge is 2.42. The zero-order valence-electron chi connectivity index (χ0n) is 24.6. The van der Waals surface area contributed by atoms with E-state index >= 15 is 0 Å². The molecule has 4 atom stereocenters. The molecule has 2 heterocycles. The third kappa shape index (κ3) is 8.23. The molecule has 1 N–H and O–H groups in total. The number of benzene rings is 1. The van der Waals surface area contributed by atoms with Gasteiger partial charge in [0.15, 0.2) is 0 Å². The summed E-state index contributed by atoms with van der Waals surface area (Å²) in [7, 11) is 1.73. The minimum absolute atomic E-state index is 0.145. The lowest BCUT2D eigenvalue weighted by molar-refractivity contribution is -0.146. The Morgan fingerprint density at radius 2 is 1.92 bits per heavy atom. The molecule has 1 saturated heterocycles. The Bertz CT molecular complexity index is 1070. The summed E-state index contributed by atoms with van der Waals surface area (Å²) in [6, 6.07) is 8.53. The van der Waals surface area contributed by atoms with Gasteiger partial charge in [0.2, 0.25) is 0 Å². The van der Waals surface area contributed by atoms with E-state index in [4.69, 9.17) is 14.2 Å². The maximum absolute atomic E-state index is 12.8. The Hall–Kier alpha value is -2.54. The second kappa shape index (κ2) is 13.0. The van der Waals surface area contributed by atoms with E-state index in [9.17, 15) is 9.59 Å². The fraction of sp³-hybridized carbons (Fsp3) is 0.677. The van der Waals surface area contributed by atoms with Crippen LogP contribution in [0, 0.1) is 23.7 Å². The van der Waals surface area contributed by atoms with Gasteiger partial charge in [-0.3, -0.25) is 4.79 Å². The van der Waals surface area contributed by atoms with E-state index in [2.05, 4.69) is 54.2 Å². The number of amides is 1. The topological polar surface area (TPSA) is 78.8 Å². The summed E-state index contributed by atoms with van der Waals surface area (Å²) in [6.45, 7) is 15.7. The fourth-order valence-electron chi connectivity index (χ4n) is 5.34. The number of alkyl carbamates (subject to hydrolysis) is 1. The maximum Gasteiger partial charge on any atom is 0.408 e. The van der Waals surface area contributed by atoms with E-state index in [0.717, 1.165) is 26.0 Å². The number of hydrogen-bond acceptors (Lipinski definition) is 5. The molecule has 0 radical (unpaired) electrons. The minimum Gasteiger partial charge on any atom is -0.460 e. The number of aromatic nitrogens is 1. The molecule has 1 aromatic heterocycles. The second-order valence-corrected chi connectivity index (χ2v) is 12.5. The molecular formula is C31H48N2O5. The molecule has 0 saturated carbocycles. The number of fused-ring (bicyclic) bond motifs is 1. The Morgan fingerprint density at radius 1 is 1.18 bits per heavy atom. The van der Waals surface area contributed by atoms with E-state index in [0.29, 0.717) is 18.8 Å². The first-order chi connectivity index (χ1) is 17.9. The number of nitrogens with one attached hydrogen (secondary N) is 1. The molecule has 0 bridgehead atoms. The third-order valence-corrected chi connectivity index (χ3v) is 7.60. The summed E-state index contributed by atoms with van der Waals surface area (Å²) in [5.41, 5.74) is 1.89. The number of nitrogens with zero attached hydrogens (tertiary/aromatic N) is 1. The number of cyclic esters (lactones) is 1. The molecule has 7 nitrogen and oxygen atoms in total. The molecule has 0 aliphatic carbocycles. The number of carbonyl (C=O) groups is 2. The predicted molar refractivity (Wildman–Crippen MR) is 151 cm³/mol. The Morgan fingerprint density at radius 3 is 2.53 bits per heavy atom. The zero-order valence-corrected chi connectivity index (χ0v) is 24.6. The molecule has 38 heavy (non-hydrogen) atoms. The van der Waals surface area contributed by atoms with Crippen molar-refractivity contribution in [2.45, 2.75) is 98.4 Å². The van der Waals surface area contributed by atoms with E-state index in [1.54, 1.807) is 7.11 Å². The summed E-state index contributed by atoms with van der Waals surface area (Å²) in [4.78, 5) is 25.4. The molecule has 1 aromatic carbocycles. The lowest BCUT2D eigenvalue weighted by Gasteiger charge is -2.31. The number of rotatable bonds is 12. The summed E-state index contributed by atoms with van der Waals surface area (Å²) >= 11 is 0. The van der Waals surface area contributed by atoms with Crippen molar-refractivity contribution in [1.29, 1.82) is 0 Å². The highest BCUT2D eigenvalue weighted by Crippen LogP contribution is 2.33. The Kier molecular flexibility index (Phi) is 10.3. The molecule has 1 aliphatic rings. The van der Waals surface area contributed by atoms with Crippen LogP contribution in [0.5, 0.6) is 0 Å². The van der Waals surface area contributed by atoms with Gasteiger partial charge in [0.1, 0.15) is 11.7 Å².